The van der Waals surface area contributed by atoms with Crippen LogP contribution in [0, 0.1) is 0 Å². The van der Waals surface area contributed by atoms with E-state index in [1.165, 1.54) is 72.3 Å². The molecule has 0 atom stereocenters. The molecule has 0 N–H and O–H groups in total. The lowest BCUT2D eigenvalue weighted by Gasteiger charge is -2.29. The molecule has 0 aliphatic rings. The predicted molar refractivity (Wildman–Crippen MR) is 188 cm³/mol. The predicted octanol–water partition coefficient (Wildman–Crippen LogP) is 12.3. The Balaban J connectivity index is 1.83. The first-order chi connectivity index (χ1) is 21.8. The molecule has 7 aromatic rings. The summed E-state index contributed by atoms with van der Waals surface area (Å²) < 4.78 is 0. The standard InChI is InChI=1S/C44H34/c1-2-32-20-18-19-31-38(32)44-42(36-27-14-6-15-28-36)40(34-23-10-4-11-24-34)39(33-21-8-3-9-22-33)41(35-25-12-5-13-26-35)43(44)37-29-16-7-17-30-37/h3-31H,2H2,1H3. The lowest BCUT2D eigenvalue weighted by Crippen LogP contribution is -2.03. The fourth-order valence-electron chi connectivity index (χ4n) is 6.56. The van der Waals surface area contributed by atoms with Crippen molar-refractivity contribution < 1.29 is 0 Å². The summed E-state index contributed by atoms with van der Waals surface area (Å²) in [6, 6.07) is 63.8. The molecule has 0 unspecified atom stereocenters. The van der Waals surface area contributed by atoms with Crippen molar-refractivity contribution in [2.45, 2.75) is 13.3 Å². The van der Waals surface area contributed by atoms with Gasteiger partial charge < -0.3 is 0 Å². The second-order valence-corrected chi connectivity index (χ2v) is 11.1. The molecule has 0 saturated heterocycles. The maximum Gasteiger partial charge on any atom is -0.00111 e. The SMILES string of the molecule is CCc1ccccc1-c1c(-c2ccccc2)c(-c2ccccc2)c(-c2ccccc2)c(-c2ccccc2)c1-c1ccccc1. The number of aryl methyl sites for hydroxylation is 1. The Hall–Kier alpha value is -5.46. The molecule has 0 saturated carbocycles. The molecule has 44 heavy (non-hydrogen) atoms. The second kappa shape index (κ2) is 12.4. The van der Waals surface area contributed by atoms with Crippen molar-refractivity contribution in [1.82, 2.24) is 0 Å². The molecule has 0 radical (unpaired) electrons. The van der Waals surface area contributed by atoms with Gasteiger partial charge in [-0.1, -0.05) is 183 Å². The van der Waals surface area contributed by atoms with Crippen LogP contribution in [0.2, 0.25) is 0 Å². The molecule has 0 bridgehead atoms. The highest BCUT2D eigenvalue weighted by atomic mass is 14.3. The van der Waals surface area contributed by atoms with Gasteiger partial charge in [0.15, 0.2) is 0 Å². The van der Waals surface area contributed by atoms with Crippen LogP contribution < -0.4 is 0 Å². The van der Waals surface area contributed by atoms with E-state index >= 15 is 0 Å². The summed E-state index contributed by atoms with van der Waals surface area (Å²) in [6.45, 7) is 2.26. The van der Waals surface area contributed by atoms with Crippen LogP contribution in [0.4, 0.5) is 0 Å². The number of hydrogen-bond acceptors (Lipinski definition) is 0. The molecule has 7 aromatic carbocycles. The summed E-state index contributed by atoms with van der Waals surface area (Å²) in [5.74, 6) is 0. The average molecular weight is 563 g/mol. The van der Waals surface area contributed by atoms with Crippen LogP contribution in [0.25, 0.3) is 66.8 Å². The van der Waals surface area contributed by atoms with Crippen LogP contribution in [-0.2, 0) is 6.42 Å². The fourth-order valence-corrected chi connectivity index (χ4v) is 6.56. The van der Waals surface area contributed by atoms with Crippen molar-refractivity contribution in [2.24, 2.45) is 0 Å². The van der Waals surface area contributed by atoms with Gasteiger partial charge in [-0.3, -0.25) is 0 Å². The summed E-state index contributed by atoms with van der Waals surface area (Å²) in [7, 11) is 0. The Morgan fingerprint density at radius 1 is 0.273 bits per heavy atom. The fraction of sp³-hybridized carbons (Fsp3) is 0.0455. The Kier molecular flexibility index (Phi) is 7.72. The highest BCUT2D eigenvalue weighted by molar-refractivity contribution is 6.15. The van der Waals surface area contributed by atoms with Gasteiger partial charge in [-0.15, -0.1) is 0 Å². The van der Waals surface area contributed by atoms with Gasteiger partial charge in [-0.25, -0.2) is 0 Å². The average Bonchev–Trinajstić information content (AvgIpc) is 3.12. The van der Waals surface area contributed by atoms with Crippen LogP contribution in [0.1, 0.15) is 12.5 Å². The van der Waals surface area contributed by atoms with Gasteiger partial charge in [0, 0.05) is 0 Å². The highest BCUT2D eigenvalue weighted by Gasteiger charge is 2.29. The second-order valence-electron chi connectivity index (χ2n) is 11.1. The molecule has 7 rings (SSSR count). The van der Waals surface area contributed by atoms with Crippen molar-refractivity contribution >= 4 is 0 Å². The van der Waals surface area contributed by atoms with E-state index in [9.17, 15) is 0 Å². The summed E-state index contributed by atoms with van der Waals surface area (Å²) in [6.07, 6.45) is 0.945. The minimum atomic E-state index is 0.945. The van der Waals surface area contributed by atoms with Gasteiger partial charge in [0.2, 0.25) is 0 Å². The maximum absolute atomic E-state index is 2.32. The van der Waals surface area contributed by atoms with E-state index in [1.807, 2.05) is 0 Å². The number of benzene rings is 7. The molecule has 0 heterocycles. The third-order valence-corrected chi connectivity index (χ3v) is 8.48. The largest absolute Gasteiger partial charge is 0.0622 e. The summed E-state index contributed by atoms with van der Waals surface area (Å²) in [5.41, 5.74) is 16.2. The van der Waals surface area contributed by atoms with Crippen molar-refractivity contribution in [2.75, 3.05) is 0 Å². The van der Waals surface area contributed by atoms with E-state index in [1.54, 1.807) is 0 Å². The van der Waals surface area contributed by atoms with E-state index < -0.39 is 0 Å². The van der Waals surface area contributed by atoms with E-state index in [-0.39, 0.29) is 0 Å². The lowest BCUT2D eigenvalue weighted by atomic mass is 9.73. The van der Waals surface area contributed by atoms with Crippen molar-refractivity contribution in [3.05, 3.63) is 181 Å². The van der Waals surface area contributed by atoms with Crippen molar-refractivity contribution in [1.29, 1.82) is 0 Å². The molecule has 0 fully saturated rings. The van der Waals surface area contributed by atoms with E-state index in [0.29, 0.717) is 0 Å². The molecule has 210 valence electrons. The van der Waals surface area contributed by atoms with Crippen molar-refractivity contribution in [3.63, 3.8) is 0 Å². The van der Waals surface area contributed by atoms with Gasteiger partial charge in [0.25, 0.3) is 0 Å². The number of rotatable bonds is 7. The molecule has 0 spiro atoms. The molecular weight excluding hydrogens is 528 g/mol. The van der Waals surface area contributed by atoms with Gasteiger partial charge >= 0.3 is 0 Å². The summed E-state index contributed by atoms with van der Waals surface area (Å²) >= 11 is 0. The van der Waals surface area contributed by atoms with Crippen molar-refractivity contribution in [3.8, 4) is 66.8 Å². The Morgan fingerprint density at radius 2 is 0.523 bits per heavy atom. The quantitative estimate of drug-likeness (QED) is 0.181. The molecule has 0 aromatic heterocycles. The molecular formula is C44H34. The molecule has 0 aliphatic carbocycles. The Bertz CT molecular complexity index is 1890. The first-order valence-corrected chi connectivity index (χ1v) is 15.4. The normalized spacial score (nSPS) is 10.9. The third-order valence-electron chi connectivity index (χ3n) is 8.48. The van der Waals surface area contributed by atoms with Crippen LogP contribution in [0.15, 0.2) is 176 Å². The summed E-state index contributed by atoms with van der Waals surface area (Å²) in [5, 5.41) is 0. The third kappa shape index (κ3) is 5.06. The zero-order valence-corrected chi connectivity index (χ0v) is 25.0. The molecule has 0 amide bonds. The van der Waals surface area contributed by atoms with Crippen LogP contribution in [-0.4, -0.2) is 0 Å². The smallest absolute Gasteiger partial charge is 0.00111 e. The van der Waals surface area contributed by atoms with Gasteiger partial charge in [-0.2, -0.15) is 0 Å². The Labute approximate surface area is 261 Å². The van der Waals surface area contributed by atoms with Gasteiger partial charge in [0.05, 0.1) is 0 Å². The topological polar surface area (TPSA) is 0 Å². The zero-order valence-electron chi connectivity index (χ0n) is 25.0. The first kappa shape index (κ1) is 27.4. The van der Waals surface area contributed by atoms with Gasteiger partial charge in [0.1, 0.15) is 0 Å². The van der Waals surface area contributed by atoms with E-state index in [4.69, 9.17) is 0 Å². The maximum atomic E-state index is 2.32. The first-order valence-electron chi connectivity index (χ1n) is 15.4. The lowest BCUT2D eigenvalue weighted by molar-refractivity contribution is 1.14. The minimum absolute atomic E-state index is 0.945. The Morgan fingerprint density at radius 3 is 0.818 bits per heavy atom. The minimum Gasteiger partial charge on any atom is -0.0622 e. The van der Waals surface area contributed by atoms with E-state index in [0.717, 1.165) is 6.42 Å². The van der Waals surface area contributed by atoms with Crippen LogP contribution in [0.5, 0.6) is 0 Å². The van der Waals surface area contributed by atoms with Crippen LogP contribution >= 0.6 is 0 Å². The molecule has 0 nitrogen and oxygen atoms in total. The van der Waals surface area contributed by atoms with Crippen LogP contribution in [0.3, 0.4) is 0 Å². The number of hydrogen-bond donors (Lipinski definition) is 0. The zero-order chi connectivity index (χ0) is 29.7. The molecule has 0 heteroatoms. The van der Waals surface area contributed by atoms with Gasteiger partial charge in [-0.05, 0) is 78.7 Å². The highest BCUT2D eigenvalue weighted by Crippen LogP contribution is 2.56. The van der Waals surface area contributed by atoms with E-state index in [2.05, 4.69) is 183 Å². The monoisotopic (exact) mass is 562 g/mol. The summed E-state index contributed by atoms with van der Waals surface area (Å²) in [4.78, 5) is 0. The molecule has 0 aliphatic heterocycles.